The lowest BCUT2D eigenvalue weighted by atomic mass is 10.4. The van der Waals surface area contributed by atoms with Gasteiger partial charge in [0.1, 0.15) is 5.69 Å². The van der Waals surface area contributed by atoms with Gasteiger partial charge in [0, 0.05) is 11.4 Å². The first-order valence-corrected chi connectivity index (χ1v) is 4.77. The van der Waals surface area contributed by atoms with Crippen LogP contribution in [0.1, 0.15) is 24.3 Å². The summed E-state index contributed by atoms with van der Waals surface area (Å²) in [4.78, 5) is 19.0. The Morgan fingerprint density at radius 2 is 2.31 bits per heavy atom. The Balaban J connectivity index is 2.77. The smallest absolute Gasteiger partial charge is 0.238 e. The Hall–Kier alpha value is -1.10. The van der Waals surface area contributed by atoms with Crippen molar-refractivity contribution in [2.45, 2.75) is 19.1 Å². The number of nitrogens with zero attached hydrogens (tertiary/aromatic N) is 2. The van der Waals surface area contributed by atoms with E-state index >= 15 is 0 Å². The van der Waals surface area contributed by atoms with Gasteiger partial charge in [0.05, 0.1) is 0 Å². The standard InChI is InChI=1S/C8H11N3OS/c1-5(2)13-7(12)6-3-4-10-8(9)11-6/h3-5H,1-2H3,(H2,9,10,11). The minimum Gasteiger partial charge on any atom is -0.368 e. The SMILES string of the molecule is CC(C)SC(=O)c1ccnc(N)n1. The predicted molar refractivity (Wildman–Crippen MR) is 53.5 cm³/mol. The van der Waals surface area contributed by atoms with Crippen LogP contribution in [0.2, 0.25) is 0 Å². The van der Waals surface area contributed by atoms with Gasteiger partial charge in [-0.25, -0.2) is 9.97 Å². The molecular weight excluding hydrogens is 186 g/mol. The summed E-state index contributed by atoms with van der Waals surface area (Å²) >= 11 is 1.23. The highest BCUT2D eigenvalue weighted by Crippen LogP contribution is 2.15. The number of nitrogens with two attached hydrogens (primary N) is 1. The van der Waals surface area contributed by atoms with Crippen molar-refractivity contribution in [2.75, 3.05) is 5.73 Å². The lowest BCUT2D eigenvalue weighted by Crippen LogP contribution is -2.04. The van der Waals surface area contributed by atoms with Gasteiger partial charge in [0.15, 0.2) is 0 Å². The molecule has 0 unspecified atom stereocenters. The molecule has 0 aliphatic carbocycles. The molecule has 0 fully saturated rings. The molecule has 0 radical (unpaired) electrons. The normalized spacial score (nSPS) is 10.4. The van der Waals surface area contributed by atoms with Crippen molar-refractivity contribution < 1.29 is 4.79 Å². The third kappa shape index (κ3) is 3.02. The third-order valence-corrected chi connectivity index (χ3v) is 2.12. The number of anilines is 1. The van der Waals surface area contributed by atoms with Gasteiger partial charge >= 0.3 is 0 Å². The topological polar surface area (TPSA) is 68.9 Å². The van der Waals surface area contributed by atoms with Gasteiger partial charge in [-0.05, 0) is 6.07 Å². The number of thioether (sulfide) groups is 1. The summed E-state index contributed by atoms with van der Waals surface area (Å²) in [6, 6.07) is 1.56. The van der Waals surface area contributed by atoms with Crippen molar-refractivity contribution in [2.24, 2.45) is 0 Å². The van der Waals surface area contributed by atoms with Crippen molar-refractivity contribution in [3.05, 3.63) is 18.0 Å². The summed E-state index contributed by atoms with van der Waals surface area (Å²) in [7, 11) is 0. The Labute approximate surface area is 81.0 Å². The average molecular weight is 197 g/mol. The second kappa shape index (κ2) is 4.23. The quantitative estimate of drug-likeness (QED) is 0.774. The number of aromatic nitrogens is 2. The van der Waals surface area contributed by atoms with Gasteiger partial charge in [0.2, 0.25) is 11.1 Å². The number of carbonyl (C=O) groups is 1. The molecule has 0 saturated carbocycles. The molecule has 5 heteroatoms. The zero-order valence-electron chi connectivity index (χ0n) is 7.52. The fourth-order valence-corrected chi connectivity index (χ4v) is 1.42. The zero-order valence-corrected chi connectivity index (χ0v) is 8.34. The van der Waals surface area contributed by atoms with E-state index in [1.54, 1.807) is 6.07 Å². The Morgan fingerprint density at radius 3 is 2.85 bits per heavy atom. The first-order valence-electron chi connectivity index (χ1n) is 3.89. The van der Waals surface area contributed by atoms with Crippen LogP contribution in [0.5, 0.6) is 0 Å². The van der Waals surface area contributed by atoms with E-state index in [4.69, 9.17) is 5.73 Å². The fraction of sp³-hybridized carbons (Fsp3) is 0.375. The summed E-state index contributed by atoms with van der Waals surface area (Å²) in [5.74, 6) is 0.134. The highest BCUT2D eigenvalue weighted by molar-refractivity contribution is 8.14. The number of hydrogen-bond acceptors (Lipinski definition) is 5. The van der Waals surface area contributed by atoms with Gasteiger partial charge in [0.25, 0.3) is 0 Å². The van der Waals surface area contributed by atoms with E-state index in [9.17, 15) is 4.79 Å². The Kier molecular flexibility index (Phi) is 3.25. The van der Waals surface area contributed by atoms with Gasteiger partial charge in [-0.1, -0.05) is 25.6 Å². The molecule has 0 aliphatic rings. The molecule has 0 aromatic carbocycles. The molecule has 1 aromatic heterocycles. The molecule has 4 nitrogen and oxygen atoms in total. The fourth-order valence-electron chi connectivity index (χ4n) is 0.762. The molecule has 0 spiro atoms. The lowest BCUT2D eigenvalue weighted by molar-refractivity contribution is 0.108. The maximum Gasteiger partial charge on any atom is 0.238 e. The summed E-state index contributed by atoms with van der Waals surface area (Å²) in [5.41, 5.74) is 5.71. The van der Waals surface area contributed by atoms with Crippen LogP contribution in [0, 0.1) is 0 Å². The number of rotatable bonds is 2. The maximum absolute atomic E-state index is 11.4. The third-order valence-electron chi connectivity index (χ3n) is 1.23. The van der Waals surface area contributed by atoms with Crippen LogP contribution in [0.3, 0.4) is 0 Å². The molecule has 70 valence electrons. The molecule has 0 bridgehead atoms. The van der Waals surface area contributed by atoms with E-state index in [2.05, 4.69) is 9.97 Å². The van der Waals surface area contributed by atoms with Crippen molar-refractivity contribution in [1.29, 1.82) is 0 Å². The molecule has 0 saturated heterocycles. The molecule has 0 aliphatic heterocycles. The van der Waals surface area contributed by atoms with Crippen LogP contribution in [-0.4, -0.2) is 20.3 Å². The Bertz CT molecular complexity index is 314. The van der Waals surface area contributed by atoms with Crippen molar-refractivity contribution in [3.8, 4) is 0 Å². The summed E-state index contributed by atoms with van der Waals surface area (Å²) in [6.45, 7) is 3.90. The second-order valence-corrected chi connectivity index (χ2v) is 4.30. The largest absolute Gasteiger partial charge is 0.368 e. The van der Waals surface area contributed by atoms with Gasteiger partial charge in [-0.15, -0.1) is 0 Å². The van der Waals surface area contributed by atoms with E-state index in [0.29, 0.717) is 5.69 Å². The molecule has 1 rings (SSSR count). The van der Waals surface area contributed by atoms with Crippen LogP contribution < -0.4 is 5.73 Å². The van der Waals surface area contributed by atoms with E-state index in [1.807, 2.05) is 13.8 Å². The van der Waals surface area contributed by atoms with Crippen LogP contribution >= 0.6 is 11.8 Å². The maximum atomic E-state index is 11.4. The molecule has 2 N–H and O–H groups in total. The van der Waals surface area contributed by atoms with Gasteiger partial charge < -0.3 is 5.73 Å². The number of nitrogen functional groups attached to an aromatic ring is 1. The van der Waals surface area contributed by atoms with E-state index in [0.717, 1.165) is 0 Å². The first kappa shape index (κ1) is 9.98. The Morgan fingerprint density at radius 1 is 1.62 bits per heavy atom. The van der Waals surface area contributed by atoms with Crippen molar-refractivity contribution in [3.63, 3.8) is 0 Å². The molecule has 1 aromatic rings. The monoisotopic (exact) mass is 197 g/mol. The van der Waals surface area contributed by atoms with E-state index < -0.39 is 0 Å². The first-order chi connectivity index (χ1) is 6.09. The van der Waals surface area contributed by atoms with Gasteiger partial charge in [-0.3, -0.25) is 4.79 Å². The minimum atomic E-state index is -0.0656. The van der Waals surface area contributed by atoms with Crippen molar-refractivity contribution in [1.82, 2.24) is 9.97 Å². The second-order valence-electron chi connectivity index (χ2n) is 2.75. The summed E-state index contributed by atoms with van der Waals surface area (Å²) in [6.07, 6.45) is 1.48. The summed E-state index contributed by atoms with van der Waals surface area (Å²) < 4.78 is 0. The molecule has 1 heterocycles. The van der Waals surface area contributed by atoms with Crippen LogP contribution in [-0.2, 0) is 0 Å². The zero-order chi connectivity index (χ0) is 9.84. The number of hydrogen-bond donors (Lipinski definition) is 1. The molecule has 0 atom stereocenters. The van der Waals surface area contributed by atoms with E-state index in [-0.39, 0.29) is 16.3 Å². The van der Waals surface area contributed by atoms with Crippen LogP contribution in [0.25, 0.3) is 0 Å². The van der Waals surface area contributed by atoms with Gasteiger partial charge in [-0.2, -0.15) is 0 Å². The van der Waals surface area contributed by atoms with Crippen LogP contribution in [0.4, 0.5) is 5.95 Å². The minimum absolute atomic E-state index is 0.0656. The molecular formula is C8H11N3OS. The summed E-state index contributed by atoms with van der Waals surface area (Å²) in [5, 5.41) is 0.188. The highest BCUT2D eigenvalue weighted by atomic mass is 32.2. The van der Waals surface area contributed by atoms with Crippen LogP contribution in [0.15, 0.2) is 12.3 Å². The number of carbonyl (C=O) groups excluding carboxylic acids is 1. The highest BCUT2D eigenvalue weighted by Gasteiger charge is 2.10. The molecule has 0 amide bonds. The molecule has 13 heavy (non-hydrogen) atoms. The average Bonchev–Trinajstić information content (AvgIpc) is 2.03. The van der Waals surface area contributed by atoms with E-state index in [1.165, 1.54) is 18.0 Å². The predicted octanol–water partition coefficient (Wildman–Crippen LogP) is 1.34. The van der Waals surface area contributed by atoms with Crippen molar-refractivity contribution >= 4 is 22.8 Å². The lowest BCUT2D eigenvalue weighted by Gasteiger charge is -2.02.